The molecule has 2 fully saturated rings. The second-order valence-electron chi connectivity index (χ2n) is 7.42. The molecule has 0 spiro atoms. The van der Waals surface area contributed by atoms with Crippen LogP contribution in [0.4, 0.5) is 0 Å². The molecule has 0 amide bonds. The van der Waals surface area contributed by atoms with Crippen LogP contribution < -0.4 is 10.6 Å². The maximum Gasteiger partial charge on any atom is 0.191 e. The second kappa shape index (κ2) is 10.5. The van der Waals surface area contributed by atoms with Crippen LogP contribution in [0.2, 0.25) is 0 Å². The summed E-state index contributed by atoms with van der Waals surface area (Å²) in [5.41, 5.74) is 1.38. The molecule has 3 rings (SSSR count). The fourth-order valence-electron chi connectivity index (χ4n) is 3.52. The van der Waals surface area contributed by atoms with Crippen LogP contribution in [0.25, 0.3) is 0 Å². The molecule has 1 aromatic rings. The van der Waals surface area contributed by atoms with Crippen LogP contribution in [0.5, 0.6) is 0 Å². The molecule has 0 bridgehead atoms. The van der Waals surface area contributed by atoms with E-state index in [0.29, 0.717) is 6.04 Å². The molecule has 0 radical (unpaired) electrons. The van der Waals surface area contributed by atoms with Crippen molar-refractivity contribution in [2.75, 3.05) is 46.4 Å². The predicted octanol–water partition coefficient (Wildman–Crippen LogP) is 2.81. The topological polar surface area (TPSA) is 48.9 Å². The first-order valence-corrected chi connectivity index (χ1v) is 10.2. The molecule has 1 atom stereocenters. The zero-order valence-corrected chi connectivity index (χ0v) is 16.1. The van der Waals surface area contributed by atoms with E-state index in [-0.39, 0.29) is 0 Å². The van der Waals surface area contributed by atoms with Crippen molar-refractivity contribution < 1.29 is 4.74 Å². The molecule has 2 aliphatic rings. The van der Waals surface area contributed by atoms with Gasteiger partial charge in [0.05, 0.1) is 6.04 Å². The molecule has 26 heavy (non-hydrogen) atoms. The van der Waals surface area contributed by atoms with E-state index >= 15 is 0 Å². The fourth-order valence-corrected chi connectivity index (χ4v) is 3.52. The highest BCUT2D eigenvalue weighted by Crippen LogP contribution is 2.28. The molecule has 2 N–H and O–H groups in total. The molecular weight excluding hydrogens is 324 g/mol. The lowest BCUT2D eigenvalue weighted by atomic mass is 10.1. The molecule has 5 nitrogen and oxygen atoms in total. The van der Waals surface area contributed by atoms with Gasteiger partial charge in [-0.2, -0.15) is 0 Å². The summed E-state index contributed by atoms with van der Waals surface area (Å²) in [5.74, 6) is 1.73. The summed E-state index contributed by atoms with van der Waals surface area (Å²) in [7, 11) is 1.84. The Balaban J connectivity index is 1.40. The van der Waals surface area contributed by atoms with E-state index in [9.17, 15) is 0 Å². The molecule has 1 aliphatic carbocycles. The van der Waals surface area contributed by atoms with Crippen LogP contribution in [0.1, 0.15) is 43.7 Å². The third-order valence-corrected chi connectivity index (χ3v) is 5.26. The van der Waals surface area contributed by atoms with E-state index in [1.54, 1.807) is 0 Å². The van der Waals surface area contributed by atoms with Gasteiger partial charge in [-0.3, -0.25) is 9.89 Å². The minimum absolute atomic E-state index is 0.402. The van der Waals surface area contributed by atoms with Gasteiger partial charge in [-0.15, -0.1) is 0 Å². The maximum absolute atomic E-state index is 5.69. The monoisotopic (exact) mass is 358 g/mol. The minimum Gasteiger partial charge on any atom is -0.381 e. The first kappa shape index (κ1) is 19.2. The van der Waals surface area contributed by atoms with E-state index in [1.807, 2.05) is 7.05 Å². The molecule has 1 aliphatic heterocycles. The van der Waals surface area contributed by atoms with Gasteiger partial charge in [0.1, 0.15) is 0 Å². The van der Waals surface area contributed by atoms with Crippen molar-refractivity contribution in [2.45, 2.75) is 38.1 Å². The number of nitrogens with zero attached hydrogens (tertiary/aromatic N) is 2. The lowest BCUT2D eigenvalue weighted by molar-refractivity contribution is 0.123. The third kappa shape index (κ3) is 6.29. The molecule has 5 heteroatoms. The molecule has 1 saturated carbocycles. The minimum atomic E-state index is 0.402. The van der Waals surface area contributed by atoms with Gasteiger partial charge in [-0.1, -0.05) is 30.3 Å². The number of likely N-dealkylation sites (tertiary alicyclic amines) is 1. The van der Waals surface area contributed by atoms with Crippen LogP contribution in [0.3, 0.4) is 0 Å². The number of nitrogens with one attached hydrogen (secondary N) is 2. The number of ether oxygens (including phenoxy) is 1. The van der Waals surface area contributed by atoms with Crippen LogP contribution in [0.15, 0.2) is 35.3 Å². The van der Waals surface area contributed by atoms with Crippen molar-refractivity contribution in [1.82, 2.24) is 15.5 Å². The average molecular weight is 359 g/mol. The van der Waals surface area contributed by atoms with Gasteiger partial charge >= 0.3 is 0 Å². The first-order chi connectivity index (χ1) is 12.9. The lowest BCUT2D eigenvalue weighted by Gasteiger charge is -2.29. The third-order valence-electron chi connectivity index (χ3n) is 5.26. The Morgan fingerprint density at radius 1 is 1.19 bits per heavy atom. The van der Waals surface area contributed by atoms with Crippen molar-refractivity contribution in [2.24, 2.45) is 10.9 Å². The highest BCUT2D eigenvalue weighted by atomic mass is 16.5. The largest absolute Gasteiger partial charge is 0.381 e. The number of guanidine groups is 1. The highest BCUT2D eigenvalue weighted by molar-refractivity contribution is 5.79. The quantitative estimate of drug-likeness (QED) is 0.384. The Bertz CT molecular complexity index is 538. The number of hydrogen-bond donors (Lipinski definition) is 2. The standard InChI is InChI=1S/C21H34N4O/c1-22-21(23-12-7-15-26-17-18-10-11-18)24-16-20(25-13-5-6-14-25)19-8-3-2-4-9-19/h2-4,8-9,18,20H,5-7,10-17H2,1H3,(H2,22,23,24). The number of aliphatic imine (C=N–C) groups is 1. The Kier molecular flexibility index (Phi) is 7.77. The van der Waals surface area contributed by atoms with E-state index in [4.69, 9.17) is 4.74 Å². The van der Waals surface area contributed by atoms with Gasteiger partial charge in [-0.25, -0.2) is 0 Å². The molecule has 144 valence electrons. The molecular formula is C21H34N4O. The zero-order valence-electron chi connectivity index (χ0n) is 16.1. The van der Waals surface area contributed by atoms with Gasteiger partial charge in [0.2, 0.25) is 0 Å². The smallest absolute Gasteiger partial charge is 0.191 e. The van der Waals surface area contributed by atoms with Gasteiger partial charge in [0, 0.05) is 33.4 Å². The summed E-state index contributed by atoms with van der Waals surface area (Å²) in [6, 6.07) is 11.2. The lowest BCUT2D eigenvalue weighted by Crippen LogP contribution is -2.43. The van der Waals surface area contributed by atoms with Gasteiger partial charge < -0.3 is 15.4 Å². The van der Waals surface area contributed by atoms with Crippen molar-refractivity contribution in [3.05, 3.63) is 35.9 Å². The Morgan fingerprint density at radius 3 is 2.65 bits per heavy atom. The van der Waals surface area contributed by atoms with E-state index in [1.165, 1.54) is 44.3 Å². The zero-order chi connectivity index (χ0) is 18.0. The summed E-state index contributed by atoms with van der Waals surface area (Å²) < 4.78 is 5.69. The van der Waals surface area contributed by atoms with E-state index in [0.717, 1.165) is 44.6 Å². The van der Waals surface area contributed by atoms with E-state index in [2.05, 4.69) is 50.9 Å². The van der Waals surface area contributed by atoms with Crippen molar-refractivity contribution in [3.8, 4) is 0 Å². The van der Waals surface area contributed by atoms with Crippen LogP contribution >= 0.6 is 0 Å². The summed E-state index contributed by atoms with van der Waals surface area (Å²) in [5, 5.41) is 6.93. The maximum atomic E-state index is 5.69. The highest BCUT2D eigenvalue weighted by Gasteiger charge is 2.23. The van der Waals surface area contributed by atoms with Crippen molar-refractivity contribution >= 4 is 5.96 Å². The van der Waals surface area contributed by atoms with Crippen LogP contribution in [-0.2, 0) is 4.74 Å². The molecule has 0 aromatic heterocycles. The Labute approximate surface area is 158 Å². The average Bonchev–Trinajstić information content (AvgIpc) is 3.35. The second-order valence-corrected chi connectivity index (χ2v) is 7.42. The fraction of sp³-hybridized carbons (Fsp3) is 0.667. The molecule has 1 unspecified atom stereocenters. The molecule has 1 heterocycles. The Morgan fingerprint density at radius 2 is 1.96 bits per heavy atom. The van der Waals surface area contributed by atoms with Gasteiger partial charge in [0.25, 0.3) is 0 Å². The summed E-state index contributed by atoms with van der Waals surface area (Å²) in [4.78, 5) is 6.96. The van der Waals surface area contributed by atoms with Crippen LogP contribution in [0, 0.1) is 5.92 Å². The van der Waals surface area contributed by atoms with Gasteiger partial charge in [0.15, 0.2) is 5.96 Å². The number of hydrogen-bond acceptors (Lipinski definition) is 3. The Hall–Kier alpha value is -1.59. The number of benzene rings is 1. The SMILES string of the molecule is CN=C(NCCCOCC1CC1)NCC(c1ccccc1)N1CCCC1. The molecule has 1 aromatic carbocycles. The first-order valence-electron chi connectivity index (χ1n) is 10.2. The van der Waals surface area contributed by atoms with Crippen LogP contribution in [-0.4, -0.2) is 57.3 Å². The van der Waals surface area contributed by atoms with Gasteiger partial charge in [-0.05, 0) is 56.7 Å². The van der Waals surface area contributed by atoms with E-state index < -0.39 is 0 Å². The normalized spacial score (nSPS) is 19.5. The molecule has 1 saturated heterocycles. The van der Waals surface area contributed by atoms with Crippen molar-refractivity contribution in [1.29, 1.82) is 0 Å². The predicted molar refractivity (Wildman–Crippen MR) is 108 cm³/mol. The number of rotatable bonds is 10. The summed E-state index contributed by atoms with van der Waals surface area (Å²) in [6.07, 6.45) is 6.33. The summed E-state index contributed by atoms with van der Waals surface area (Å²) >= 11 is 0. The summed E-state index contributed by atoms with van der Waals surface area (Å²) in [6.45, 7) is 5.92. The van der Waals surface area contributed by atoms with Crippen molar-refractivity contribution in [3.63, 3.8) is 0 Å².